The number of carboxylic acid groups (broad SMARTS) is 1. The van der Waals surface area contributed by atoms with Crippen LogP contribution < -0.4 is 5.32 Å². The van der Waals surface area contributed by atoms with Gasteiger partial charge in [0.1, 0.15) is 6.54 Å². The van der Waals surface area contributed by atoms with Gasteiger partial charge < -0.3 is 20.1 Å². The van der Waals surface area contributed by atoms with Crippen LogP contribution in [0.4, 0.5) is 4.79 Å². The quantitative estimate of drug-likeness (QED) is 0.776. The molecule has 2 amide bonds. The second-order valence-electron chi connectivity index (χ2n) is 5.87. The van der Waals surface area contributed by atoms with Gasteiger partial charge in [0, 0.05) is 19.7 Å². The lowest BCUT2D eigenvalue weighted by Gasteiger charge is -2.33. The van der Waals surface area contributed by atoms with Gasteiger partial charge in [0.05, 0.1) is 6.61 Å². The van der Waals surface area contributed by atoms with Gasteiger partial charge in [-0.2, -0.15) is 0 Å². The van der Waals surface area contributed by atoms with Gasteiger partial charge in [-0.25, -0.2) is 4.79 Å². The predicted octanol–water partition coefficient (Wildman–Crippen LogP) is 1.55. The molecule has 0 saturated heterocycles. The van der Waals surface area contributed by atoms with Crippen LogP contribution in [0.1, 0.15) is 33.1 Å². The number of ether oxygens (including phenoxy) is 1. The Morgan fingerprint density at radius 1 is 1.25 bits per heavy atom. The Balaban J connectivity index is 2.53. The number of hydrogen-bond acceptors (Lipinski definition) is 3. The number of aliphatic carboxylic acids is 1. The number of carbonyl (C=O) groups excluding carboxylic acids is 1. The van der Waals surface area contributed by atoms with E-state index in [2.05, 4.69) is 19.2 Å². The standard InChI is InChI=1S/C14H26N2O4/c1-10-6-11(2)8-12(7-10)15-14(19)16(4-5-20-3)9-13(17)18/h10-12H,4-9H2,1-3H3,(H,15,19)(H,17,18). The van der Waals surface area contributed by atoms with Crippen molar-refractivity contribution in [3.05, 3.63) is 0 Å². The molecule has 2 N–H and O–H groups in total. The van der Waals surface area contributed by atoms with Crippen molar-refractivity contribution in [2.75, 3.05) is 26.8 Å². The van der Waals surface area contributed by atoms with Crippen molar-refractivity contribution in [2.24, 2.45) is 11.8 Å². The Kier molecular flexibility index (Phi) is 6.78. The average molecular weight is 286 g/mol. The topological polar surface area (TPSA) is 78.9 Å². The van der Waals surface area contributed by atoms with Gasteiger partial charge in [0.25, 0.3) is 0 Å². The molecule has 0 radical (unpaired) electrons. The highest BCUT2D eigenvalue weighted by Crippen LogP contribution is 2.28. The van der Waals surface area contributed by atoms with Gasteiger partial charge in [-0.15, -0.1) is 0 Å². The molecule has 0 aliphatic heterocycles. The molecule has 1 fully saturated rings. The smallest absolute Gasteiger partial charge is 0.323 e. The van der Waals surface area contributed by atoms with Gasteiger partial charge in [0.15, 0.2) is 0 Å². The minimum Gasteiger partial charge on any atom is -0.480 e. The molecule has 0 bridgehead atoms. The molecule has 0 aromatic carbocycles. The highest BCUT2D eigenvalue weighted by molar-refractivity contribution is 5.80. The maximum atomic E-state index is 12.2. The zero-order valence-electron chi connectivity index (χ0n) is 12.6. The van der Waals surface area contributed by atoms with E-state index < -0.39 is 5.97 Å². The van der Waals surface area contributed by atoms with E-state index in [9.17, 15) is 9.59 Å². The second kappa shape index (κ2) is 8.09. The van der Waals surface area contributed by atoms with Crippen molar-refractivity contribution in [3.8, 4) is 0 Å². The molecular weight excluding hydrogens is 260 g/mol. The van der Waals surface area contributed by atoms with Crippen LogP contribution in [-0.2, 0) is 9.53 Å². The first-order valence-corrected chi connectivity index (χ1v) is 7.18. The summed E-state index contributed by atoms with van der Waals surface area (Å²) in [6, 6.07) is -0.171. The van der Waals surface area contributed by atoms with Crippen LogP contribution in [0.5, 0.6) is 0 Å². The molecule has 0 spiro atoms. The predicted molar refractivity (Wildman–Crippen MR) is 75.6 cm³/mol. The van der Waals surface area contributed by atoms with Gasteiger partial charge >= 0.3 is 12.0 Å². The Morgan fingerprint density at radius 3 is 2.35 bits per heavy atom. The zero-order valence-corrected chi connectivity index (χ0v) is 12.6. The van der Waals surface area contributed by atoms with E-state index in [1.807, 2.05) is 0 Å². The zero-order chi connectivity index (χ0) is 15.1. The molecule has 1 aliphatic carbocycles. The Bertz CT molecular complexity index is 325. The van der Waals surface area contributed by atoms with Crippen LogP contribution in [0.15, 0.2) is 0 Å². The summed E-state index contributed by atoms with van der Waals surface area (Å²) in [5.41, 5.74) is 0. The SMILES string of the molecule is COCCN(CC(=O)O)C(=O)NC1CC(C)CC(C)C1. The highest BCUT2D eigenvalue weighted by atomic mass is 16.5. The van der Waals surface area contributed by atoms with E-state index in [1.165, 1.54) is 18.4 Å². The Morgan fingerprint density at radius 2 is 1.85 bits per heavy atom. The van der Waals surface area contributed by atoms with Crippen molar-refractivity contribution in [1.29, 1.82) is 0 Å². The maximum absolute atomic E-state index is 12.2. The van der Waals surface area contributed by atoms with Crippen molar-refractivity contribution in [2.45, 2.75) is 39.2 Å². The van der Waals surface area contributed by atoms with Crippen molar-refractivity contribution in [3.63, 3.8) is 0 Å². The number of amides is 2. The molecule has 0 heterocycles. The molecule has 6 heteroatoms. The maximum Gasteiger partial charge on any atom is 0.323 e. The summed E-state index contributed by atoms with van der Waals surface area (Å²) in [7, 11) is 1.53. The van der Waals surface area contributed by atoms with Gasteiger partial charge in [-0.05, 0) is 31.1 Å². The molecule has 6 nitrogen and oxygen atoms in total. The van der Waals surface area contributed by atoms with Crippen molar-refractivity contribution < 1.29 is 19.4 Å². The molecule has 1 aliphatic rings. The van der Waals surface area contributed by atoms with E-state index in [-0.39, 0.29) is 25.2 Å². The van der Waals surface area contributed by atoms with Crippen LogP contribution in [0.3, 0.4) is 0 Å². The summed E-state index contributed by atoms with van der Waals surface area (Å²) in [5.74, 6) is 0.175. The number of methoxy groups -OCH3 is 1. The number of nitrogens with zero attached hydrogens (tertiary/aromatic N) is 1. The fourth-order valence-corrected chi connectivity index (χ4v) is 2.95. The van der Waals surface area contributed by atoms with E-state index in [0.29, 0.717) is 18.4 Å². The van der Waals surface area contributed by atoms with E-state index >= 15 is 0 Å². The third-order valence-corrected chi connectivity index (χ3v) is 3.68. The first-order chi connectivity index (χ1) is 9.42. The third-order valence-electron chi connectivity index (χ3n) is 3.68. The summed E-state index contributed by atoms with van der Waals surface area (Å²) < 4.78 is 4.91. The Hall–Kier alpha value is -1.30. The molecule has 116 valence electrons. The summed E-state index contributed by atoms with van der Waals surface area (Å²) >= 11 is 0. The summed E-state index contributed by atoms with van der Waals surface area (Å²) in [4.78, 5) is 24.3. The first-order valence-electron chi connectivity index (χ1n) is 7.18. The van der Waals surface area contributed by atoms with Crippen LogP contribution in [0.25, 0.3) is 0 Å². The molecule has 20 heavy (non-hydrogen) atoms. The fourth-order valence-electron chi connectivity index (χ4n) is 2.95. The van der Waals surface area contributed by atoms with Crippen LogP contribution >= 0.6 is 0 Å². The summed E-state index contributed by atoms with van der Waals surface area (Å²) in [6.45, 7) is 4.70. The lowest BCUT2D eigenvalue weighted by molar-refractivity contribution is -0.137. The second-order valence-corrected chi connectivity index (χ2v) is 5.87. The third kappa shape index (κ3) is 5.77. The van der Waals surface area contributed by atoms with Crippen LogP contribution in [-0.4, -0.2) is 54.9 Å². The molecule has 1 saturated carbocycles. The summed E-state index contributed by atoms with van der Waals surface area (Å²) in [5, 5.41) is 11.8. The van der Waals surface area contributed by atoms with Gasteiger partial charge in [-0.3, -0.25) is 4.79 Å². The minimum absolute atomic E-state index is 0.139. The van der Waals surface area contributed by atoms with E-state index in [0.717, 1.165) is 12.8 Å². The Labute approximate surface area is 120 Å². The number of carboxylic acids is 1. The first kappa shape index (κ1) is 16.8. The van der Waals surface area contributed by atoms with E-state index in [4.69, 9.17) is 9.84 Å². The molecule has 0 aromatic rings. The monoisotopic (exact) mass is 286 g/mol. The highest BCUT2D eigenvalue weighted by Gasteiger charge is 2.27. The van der Waals surface area contributed by atoms with Gasteiger partial charge in [-0.1, -0.05) is 13.8 Å². The minimum atomic E-state index is -1.01. The lowest BCUT2D eigenvalue weighted by atomic mass is 9.80. The molecule has 1 rings (SSSR count). The lowest BCUT2D eigenvalue weighted by Crippen LogP contribution is -2.49. The van der Waals surface area contributed by atoms with E-state index in [1.54, 1.807) is 0 Å². The number of urea groups is 1. The van der Waals surface area contributed by atoms with Crippen molar-refractivity contribution >= 4 is 12.0 Å². The molecular formula is C14H26N2O4. The van der Waals surface area contributed by atoms with Crippen LogP contribution in [0, 0.1) is 11.8 Å². The molecule has 2 atom stereocenters. The number of rotatable bonds is 6. The number of hydrogen-bond donors (Lipinski definition) is 2. The number of nitrogens with one attached hydrogen (secondary N) is 1. The summed E-state index contributed by atoms with van der Waals surface area (Å²) in [6.07, 6.45) is 3.11. The van der Waals surface area contributed by atoms with Crippen LogP contribution in [0.2, 0.25) is 0 Å². The molecule has 0 aromatic heterocycles. The number of carbonyl (C=O) groups is 2. The fraction of sp³-hybridized carbons (Fsp3) is 0.857. The largest absolute Gasteiger partial charge is 0.480 e. The van der Waals surface area contributed by atoms with Gasteiger partial charge in [0.2, 0.25) is 0 Å². The average Bonchev–Trinajstić information content (AvgIpc) is 2.32. The normalized spacial score (nSPS) is 26.1. The molecule has 2 unspecified atom stereocenters. The van der Waals surface area contributed by atoms with Crippen molar-refractivity contribution in [1.82, 2.24) is 10.2 Å².